The van der Waals surface area contributed by atoms with Crippen LogP contribution in [0.1, 0.15) is 17.4 Å². The molecule has 1 aromatic carbocycles. The van der Waals surface area contributed by atoms with E-state index in [-0.39, 0.29) is 12.5 Å². The molecule has 0 fully saturated rings. The van der Waals surface area contributed by atoms with Crippen molar-refractivity contribution < 1.29 is 9.53 Å². The molecule has 9 heteroatoms. The van der Waals surface area contributed by atoms with E-state index >= 15 is 0 Å². The maximum Gasteiger partial charge on any atom is 0.242 e. The molecule has 0 saturated carbocycles. The van der Waals surface area contributed by atoms with Crippen molar-refractivity contribution in [1.29, 1.82) is 0 Å². The Morgan fingerprint density at radius 3 is 2.73 bits per heavy atom. The van der Waals surface area contributed by atoms with Gasteiger partial charge in [0, 0.05) is 24.4 Å². The fourth-order valence-electron chi connectivity index (χ4n) is 2.55. The molecule has 0 spiro atoms. The molecule has 1 atom stereocenters. The summed E-state index contributed by atoms with van der Waals surface area (Å²) in [5, 5.41) is 17.0. The van der Waals surface area contributed by atoms with E-state index in [1.165, 1.54) is 0 Å². The summed E-state index contributed by atoms with van der Waals surface area (Å²) in [7, 11) is 5.16. The van der Waals surface area contributed by atoms with E-state index in [2.05, 4.69) is 30.9 Å². The SMILES string of the molecule is CNC(C(=O)NCc1nc(-c2ccc(OC)cc2)n[nH]1)c1cnn(C)c1. The van der Waals surface area contributed by atoms with Gasteiger partial charge in [0.1, 0.15) is 17.6 Å². The molecule has 0 aliphatic heterocycles. The summed E-state index contributed by atoms with van der Waals surface area (Å²) in [6.07, 6.45) is 3.47. The van der Waals surface area contributed by atoms with E-state index in [4.69, 9.17) is 4.74 Å². The van der Waals surface area contributed by atoms with Gasteiger partial charge in [-0.25, -0.2) is 4.98 Å². The number of aromatic nitrogens is 5. The van der Waals surface area contributed by atoms with Crippen LogP contribution in [0.5, 0.6) is 5.75 Å². The number of amides is 1. The average molecular weight is 355 g/mol. The van der Waals surface area contributed by atoms with Crippen molar-refractivity contribution in [2.24, 2.45) is 7.05 Å². The number of nitrogens with one attached hydrogen (secondary N) is 3. The van der Waals surface area contributed by atoms with E-state index in [9.17, 15) is 4.79 Å². The lowest BCUT2D eigenvalue weighted by atomic mass is 10.1. The fraction of sp³-hybridized carbons (Fsp3) is 0.294. The highest BCUT2D eigenvalue weighted by atomic mass is 16.5. The highest BCUT2D eigenvalue weighted by Crippen LogP contribution is 2.19. The lowest BCUT2D eigenvalue weighted by Crippen LogP contribution is -2.35. The zero-order valence-electron chi connectivity index (χ0n) is 14.9. The molecule has 0 bridgehead atoms. The lowest BCUT2D eigenvalue weighted by Gasteiger charge is -2.13. The Kier molecular flexibility index (Phi) is 5.28. The summed E-state index contributed by atoms with van der Waals surface area (Å²) in [5.41, 5.74) is 1.66. The van der Waals surface area contributed by atoms with Crippen LogP contribution in [-0.4, -0.2) is 45.0 Å². The normalized spacial score (nSPS) is 12.0. The van der Waals surface area contributed by atoms with Crippen LogP contribution in [0.15, 0.2) is 36.7 Å². The largest absolute Gasteiger partial charge is 0.497 e. The highest BCUT2D eigenvalue weighted by molar-refractivity contribution is 5.82. The monoisotopic (exact) mass is 355 g/mol. The molecule has 136 valence electrons. The van der Waals surface area contributed by atoms with Crippen LogP contribution in [0.4, 0.5) is 0 Å². The second-order valence-corrected chi connectivity index (χ2v) is 5.72. The first-order chi connectivity index (χ1) is 12.6. The fourth-order valence-corrected chi connectivity index (χ4v) is 2.55. The van der Waals surface area contributed by atoms with Crippen molar-refractivity contribution in [3.8, 4) is 17.1 Å². The number of hydrogen-bond acceptors (Lipinski definition) is 6. The third kappa shape index (κ3) is 3.89. The first-order valence-electron chi connectivity index (χ1n) is 8.10. The number of carbonyl (C=O) groups is 1. The molecule has 0 saturated heterocycles. The van der Waals surface area contributed by atoms with Gasteiger partial charge in [-0.05, 0) is 31.3 Å². The molecule has 1 amide bonds. The number of likely N-dealkylation sites (N-methyl/N-ethyl adjacent to an activating group) is 1. The molecule has 0 aliphatic carbocycles. The molecule has 3 aromatic rings. The smallest absolute Gasteiger partial charge is 0.242 e. The second kappa shape index (κ2) is 7.79. The zero-order valence-corrected chi connectivity index (χ0v) is 14.9. The van der Waals surface area contributed by atoms with E-state index in [1.54, 1.807) is 31.2 Å². The number of H-pyrrole nitrogens is 1. The molecule has 3 rings (SSSR count). The number of carbonyl (C=O) groups excluding carboxylic acids is 1. The van der Waals surface area contributed by atoms with Gasteiger partial charge in [-0.2, -0.15) is 10.2 Å². The number of benzene rings is 1. The van der Waals surface area contributed by atoms with Crippen molar-refractivity contribution in [1.82, 2.24) is 35.6 Å². The van der Waals surface area contributed by atoms with Crippen LogP contribution in [0.3, 0.4) is 0 Å². The number of methoxy groups -OCH3 is 1. The van der Waals surface area contributed by atoms with Crippen molar-refractivity contribution in [2.45, 2.75) is 12.6 Å². The summed E-state index contributed by atoms with van der Waals surface area (Å²) in [6, 6.07) is 6.97. The molecular weight excluding hydrogens is 334 g/mol. The predicted molar refractivity (Wildman–Crippen MR) is 95.2 cm³/mol. The Morgan fingerprint density at radius 1 is 1.35 bits per heavy atom. The number of ether oxygens (including phenoxy) is 1. The minimum atomic E-state index is -0.479. The third-order valence-electron chi connectivity index (χ3n) is 3.92. The van der Waals surface area contributed by atoms with Crippen LogP contribution in [0.25, 0.3) is 11.4 Å². The topological polar surface area (TPSA) is 110 Å². The minimum Gasteiger partial charge on any atom is -0.497 e. The van der Waals surface area contributed by atoms with Crippen LogP contribution >= 0.6 is 0 Å². The van der Waals surface area contributed by atoms with Gasteiger partial charge in [0.15, 0.2) is 5.82 Å². The minimum absolute atomic E-state index is 0.164. The highest BCUT2D eigenvalue weighted by Gasteiger charge is 2.20. The van der Waals surface area contributed by atoms with E-state index in [0.29, 0.717) is 11.6 Å². The van der Waals surface area contributed by atoms with Gasteiger partial charge >= 0.3 is 0 Å². The summed E-state index contributed by atoms with van der Waals surface area (Å²) < 4.78 is 6.80. The molecule has 1 unspecified atom stereocenters. The Hall–Kier alpha value is -3.20. The van der Waals surface area contributed by atoms with Gasteiger partial charge in [-0.15, -0.1) is 0 Å². The zero-order chi connectivity index (χ0) is 18.5. The van der Waals surface area contributed by atoms with Gasteiger partial charge in [0.2, 0.25) is 5.91 Å². The van der Waals surface area contributed by atoms with Crippen LogP contribution in [-0.2, 0) is 18.4 Å². The van der Waals surface area contributed by atoms with Crippen LogP contribution in [0, 0.1) is 0 Å². The van der Waals surface area contributed by atoms with E-state index < -0.39 is 6.04 Å². The van der Waals surface area contributed by atoms with Crippen LogP contribution < -0.4 is 15.4 Å². The molecular formula is C17H21N7O2. The van der Waals surface area contributed by atoms with Crippen LogP contribution in [0.2, 0.25) is 0 Å². The number of hydrogen-bond donors (Lipinski definition) is 3. The maximum atomic E-state index is 12.4. The van der Waals surface area contributed by atoms with E-state index in [0.717, 1.165) is 16.9 Å². The Morgan fingerprint density at radius 2 is 2.12 bits per heavy atom. The van der Waals surface area contributed by atoms with Crippen molar-refractivity contribution >= 4 is 5.91 Å². The van der Waals surface area contributed by atoms with Gasteiger partial charge in [-0.1, -0.05) is 0 Å². The van der Waals surface area contributed by atoms with Crippen molar-refractivity contribution in [2.75, 3.05) is 14.2 Å². The van der Waals surface area contributed by atoms with Crippen molar-refractivity contribution in [3.63, 3.8) is 0 Å². The molecule has 3 N–H and O–H groups in total. The molecule has 0 radical (unpaired) electrons. The molecule has 2 heterocycles. The lowest BCUT2D eigenvalue weighted by molar-refractivity contribution is -0.123. The van der Waals surface area contributed by atoms with Gasteiger partial charge in [-0.3, -0.25) is 14.6 Å². The van der Waals surface area contributed by atoms with E-state index in [1.807, 2.05) is 31.3 Å². The second-order valence-electron chi connectivity index (χ2n) is 5.72. The average Bonchev–Trinajstić information content (AvgIpc) is 3.30. The first-order valence-corrected chi connectivity index (χ1v) is 8.10. The molecule has 26 heavy (non-hydrogen) atoms. The standard InChI is InChI=1S/C17H21N7O2/c1-18-15(12-8-20-24(2)10-12)17(25)19-9-14-21-16(23-22-14)11-4-6-13(26-3)7-5-11/h4-8,10,15,18H,9H2,1-3H3,(H,19,25)(H,21,22,23). The maximum absolute atomic E-state index is 12.4. The summed E-state index contributed by atoms with van der Waals surface area (Å²) >= 11 is 0. The number of rotatable bonds is 7. The summed E-state index contributed by atoms with van der Waals surface area (Å²) in [6.45, 7) is 0.250. The first kappa shape index (κ1) is 17.6. The Labute approximate surface area is 150 Å². The predicted octanol–water partition coefficient (Wildman–Crippen LogP) is 0.791. The Balaban J connectivity index is 1.62. The number of nitrogens with zero attached hydrogens (tertiary/aromatic N) is 4. The molecule has 9 nitrogen and oxygen atoms in total. The number of aryl methyl sites for hydroxylation is 1. The van der Waals surface area contributed by atoms with Gasteiger partial charge in [0.05, 0.1) is 19.9 Å². The van der Waals surface area contributed by atoms with Gasteiger partial charge in [0.25, 0.3) is 0 Å². The quantitative estimate of drug-likeness (QED) is 0.578. The van der Waals surface area contributed by atoms with Gasteiger partial charge < -0.3 is 15.4 Å². The number of aromatic amines is 1. The molecule has 0 aliphatic rings. The summed E-state index contributed by atoms with van der Waals surface area (Å²) in [5.74, 6) is 1.74. The third-order valence-corrected chi connectivity index (χ3v) is 3.92. The summed E-state index contributed by atoms with van der Waals surface area (Å²) in [4.78, 5) is 16.8. The Bertz CT molecular complexity index is 869. The van der Waals surface area contributed by atoms with Crippen molar-refractivity contribution in [3.05, 3.63) is 48.0 Å². The molecule has 2 aromatic heterocycles.